The topological polar surface area (TPSA) is 71.3 Å². The monoisotopic (exact) mass is 352 g/mol. The first kappa shape index (κ1) is 17.4. The van der Waals surface area contributed by atoms with Gasteiger partial charge in [0, 0.05) is 11.3 Å². The van der Waals surface area contributed by atoms with Gasteiger partial charge in [0.05, 0.1) is 6.26 Å². The Morgan fingerprint density at radius 1 is 1.00 bits per heavy atom. The fraction of sp³-hybridized carbons (Fsp3) is 0.100. The van der Waals surface area contributed by atoms with Crippen LogP contribution in [-0.4, -0.2) is 17.9 Å². The third-order valence-corrected chi connectivity index (χ3v) is 3.77. The van der Waals surface area contributed by atoms with Crippen LogP contribution in [0.1, 0.15) is 26.5 Å². The van der Waals surface area contributed by atoms with Crippen molar-refractivity contribution >= 4 is 17.4 Å². The van der Waals surface area contributed by atoms with Crippen LogP contribution >= 0.6 is 0 Å². The van der Waals surface area contributed by atoms with Gasteiger partial charge in [0.2, 0.25) is 5.78 Å². The number of halogens is 1. The average molecular weight is 352 g/mol. The summed E-state index contributed by atoms with van der Waals surface area (Å²) in [7, 11) is 0. The minimum atomic E-state index is -1.04. The van der Waals surface area contributed by atoms with Crippen molar-refractivity contribution in [2.75, 3.05) is 5.32 Å². The molecule has 0 saturated heterocycles. The van der Waals surface area contributed by atoms with Gasteiger partial charge in [0.25, 0.3) is 5.91 Å². The first-order valence-electron chi connectivity index (χ1n) is 8.00. The van der Waals surface area contributed by atoms with Crippen LogP contribution in [0.5, 0.6) is 0 Å². The number of ketones is 1. The lowest BCUT2D eigenvalue weighted by Gasteiger charge is -2.20. The van der Waals surface area contributed by atoms with Crippen molar-refractivity contribution in [3.05, 3.63) is 89.6 Å². The summed E-state index contributed by atoms with van der Waals surface area (Å²) < 4.78 is 18.2. The number of hydrogen-bond acceptors (Lipinski definition) is 4. The van der Waals surface area contributed by atoms with Crippen LogP contribution in [0.4, 0.5) is 10.1 Å². The number of nitrogens with one attached hydrogen (secondary N) is 2. The second kappa shape index (κ2) is 7.65. The molecule has 1 atom stereocenters. The Morgan fingerprint density at radius 2 is 1.69 bits per heavy atom. The van der Waals surface area contributed by atoms with E-state index in [0.29, 0.717) is 11.3 Å². The number of Topliss-reactive ketones (excluding diaryl/α,β-unsaturated/α-hetero) is 1. The molecule has 3 aromatic rings. The summed E-state index contributed by atoms with van der Waals surface area (Å²) in [5, 5.41) is 5.53. The SMILES string of the molecule is Cc1ccc(C(=O)C(NC(=O)c2ccco2)Nc2ccc(F)cc2)cc1. The molecule has 1 amide bonds. The second-order valence-corrected chi connectivity index (χ2v) is 5.77. The minimum absolute atomic E-state index is 0.0904. The standard InChI is InChI=1S/C20H17FN2O3/c1-13-4-6-14(7-5-13)18(24)19(22-16-10-8-15(21)9-11-16)23-20(25)17-3-2-12-26-17/h2-12,19,22H,1H3,(H,23,25). The molecule has 0 fully saturated rings. The van der Waals surface area contributed by atoms with Crippen molar-refractivity contribution in [3.63, 3.8) is 0 Å². The Balaban J connectivity index is 1.84. The highest BCUT2D eigenvalue weighted by atomic mass is 19.1. The molecule has 132 valence electrons. The molecule has 0 aliphatic rings. The summed E-state index contributed by atoms with van der Waals surface area (Å²) >= 11 is 0. The van der Waals surface area contributed by atoms with Crippen molar-refractivity contribution in [2.45, 2.75) is 13.1 Å². The summed E-state index contributed by atoms with van der Waals surface area (Å²) in [4.78, 5) is 25.1. The molecule has 26 heavy (non-hydrogen) atoms. The van der Waals surface area contributed by atoms with E-state index in [4.69, 9.17) is 4.42 Å². The molecular weight excluding hydrogens is 335 g/mol. The molecule has 0 aliphatic heterocycles. The van der Waals surface area contributed by atoms with Gasteiger partial charge in [0.15, 0.2) is 11.9 Å². The van der Waals surface area contributed by atoms with E-state index in [9.17, 15) is 14.0 Å². The van der Waals surface area contributed by atoms with Crippen LogP contribution in [-0.2, 0) is 0 Å². The molecule has 0 bridgehead atoms. The number of carbonyl (C=O) groups is 2. The van der Waals surface area contributed by atoms with Crippen molar-refractivity contribution in [3.8, 4) is 0 Å². The van der Waals surface area contributed by atoms with E-state index >= 15 is 0 Å². The molecule has 6 heteroatoms. The molecule has 2 N–H and O–H groups in total. The van der Waals surface area contributed by atoms with Crippen LogP contribution in [0.25, 0.3) is 0 Å². The molecule has 1 aromatic heterocycles. The number of carbonyl (C=O) groups excluding carboxylic acids is 2. The van der Waals surface area contributed by atoms with Crippen LogP contribution in [0, 0.1) is 12.7 Å². The molecule has 0 aliphatic carbocycles. The highest BCUT2D eigenvalue weighted by Crippen LogP contribution is 2.13. The van der Waals surface area contributed by atoms with Crippen LogP contribution in [0.15, 0.2) is 71.3 Å². The first-order valence-corrected chi connectivity index (χ1v) is 8.00. The first-order chi connectivity index (χ1) is 12.5. The van der Waals surface area contributed by atoms with Crippen LogP contribution in [0.2, 0.25) is 0 Å². The van der Waals surface area contributed by atoms with Gasteiger partial charge in [-0.3, -0.25) is 9.59 Å². The van der Waals surface area contributed by atoms with E-state index in [0.717, 1.165) is 5.56 Å². The minimum Gasteiger partial charge on any atom is -0.459 e. The Hall–Kier alpha value is -3.41. The van der Waals surface area contributed by atoms with Gasteiger partial charge < -0.3 is 15.1 Å². The normalized spacial score (nSPS) is 11.6. The van der Waals surface area contributed by atoms with E-state index in [-0.39, 0.29) is 11.5 Å². The molecule has 5 nitrogen and oxygen atoms in total. The Kier molecular flexibility index (Phi) is 5.12. The summed E-state index contributed by atoms with van der Waals surface area (Å²) in [6, 6.07) is 15.6. The van der Waals surface area contributed by atoms with E-state index < -0.39 is 17.9 Å². The number of amides is 1. The number of anilines is 1. The van der Waals surface area contributed by atoms with Crippen molar-refractivity contribution in [1.29, 1.82) is 0 Å². The third kappa shape index (κ3) is 4.16. The van der Waals surface area contributed by atoms with Crippen LogP contribution < -0.4 is 10.6 Å². The Labute approximate surface area is 149 Å². The van der Waals surface area contributed by atoms with E-state index in [1.54, 1.807) is 18.2 Å². The van der Waals surface area contributed by atoms with Gasteiger partial charge in [-0.15, -0.1) is 0 Å². The Morgan fingerprint density at radius 3 is 2.31 bits per heavy atom. The predicted octanol–water partition coefficient (Wildman–Crippen LogP) is 3.78. The van der Waals surface area contributed by atoms with Crippen molar-refractivity contribution in [1.82, 2.24) is 5.32 Å². The Bertz CT molecular complexity index is 888. The second-order valence-electron chi connectivity index (χ2n) is 5.77. The molecule has 0 spiro atoms. The van der Waals surface area contributed by atoms with Gasteiger partial charge in [-0.05, 0) is 43.3 Å². The highest BCUT2D eigenvalue weighted by molar-refractivity contribution is 6.04. The van der Waals surface area contributed by atoms with Gasteiger partial charge in [-0.1, -0.05) is 29.8 Å². The molecule has 0 saturated carbocycles. The molecule has 3 rings (SSSR count). The number of rotatable bonds is 6. The zero-order valence-corrected chi connectivity index (χ0v) is 14.0. The predicted molar refractivity (Wildman–Crippen MR) is 95.5 cm³/mol. The molecular formula is C20H17FN2O3. The lowest BCUT2D eigenvalue weighted by Crippen LogP contribution is -2.46. The number of furan rings is 1. The van der Waals surface area contributed by atoms with Gasteiger partial charge >= 0.3 is 0 Å². The fourth-order valence-electron chi connectivity index (χ4n) is 2.37. The van der Waals surface area contributed by atoms with Gasteiger partial charge in [-0.25, -0.2) is 4.39 Å². The lowest BCUT2D eigenvalue weighted by molar-refractivity contribution is 0.0853. The van der Waals surface area contributed by atoms with Gasteiger partial charge in [0.1, 0.15) is 5.82 Å². The third-order valence-electron chi connectivity index (χ3n) is 3.77. The maximum absolute atomic E-state index is 13.1. The lowest BCUT2D eigenvalue weighted by atomic mass is 10.1. The maximum atomic E-state index is 13.1. The fourth-order valence-corrected chi connectivity index (χ4v) is 2.37. The van der Waals surface area contributed by atoms with E-state index in [1.807, 2.05) is 19.1 Å². The highest BCUT2D eigenvalue weighted by Gasteiger charge is 2.23. The van der Waals surface area contributed by atoms with Gasteiger partial charge in [-0.2, -0.15) is 0 Å². The summed E-state index contributed by atoms with van der Waals surface area (Å²) in [5.41, 5.74) is 1.95. The molecule has 1 heterocycles. The quantitative estimate of drug-likeness (QED) is 0.523. The van der Waals surface area contributed by atoms with E-state index in [1.165, 1.54) is 36.6 Å². The van der Waals surface area contributed by atoms with Crippen LogP contribution in [0.3, 0.4) is 0 Å². The van der Waals surface area contributed by atoms with Crippen molar-refractivity contribution < 1.29 is 18.4 Å². The van der Waals surface area contributed by atoms with E-state index in [2.05, 4.69) is 10.6 Å². The molecule has 1 unspecified atom stereocenters. The number of hydrogen-bond donors (Lipinski definition) is 2. The summed E-state index contributed by atoms with van der Waals surface area (Å²) in [5.74, 6) is -1.16. The maximum Gasteiger partial charge on any atom is 0.288 e. The summed E-state index contributed by atoms with van der Waals surface area (Å²) in [6.45, 7) is 1.92. The molecule has 2 aromatic carbocycles. The largest absolute Gasteiger partial charge is 0.459 e. The summed E-state index contributed by atoms with van der Waals surface area (Å²) in [6.07, 6.45) is 0.333. The van der Waals surface area contributed by atoms with Crippen molar-refractivity contribution in [2.24, 2.45) is 0 Å². The number of benzene rings is 2. The number of aryl methyl sites for hydroxylation is 1. The zero-order chi connectivity index (χ0) is 18.5. The zero-order valence-electron chi connectivity index (χ0n) is 14.0. The smallest absolute Gasteiger partial charge is 0.288 e. The average Bonchev–Trinajstić information content (AvgIpc) is 3.18. The molecule has 0 radical (unpaired) electrons.